The van der Waals surface area contributed by atoms with E-state index in [1.807, 2.05) is 48.5 Å². The number of hydrogen-bond acceptors (Lipinski definition) is 2. The molecule has 0 bridgehead atoms. The van der Waals surface area contributed by atoms with Gasteiger partial charge in [0.25, 0.3) is 0 Å². The van der Waals surface area contributed by atoms with Gasteiger partial charge < -0.3 is 4.42 Å². The van der Waals surface area contributed by atoms with Crippen LogP contribution < -0.4 is 0 Å². The SMILES string of the molecule is Fc1ccc(-n2nc(-c3ccccc3)cc2-c2ccco2)cc1. The Morgan fingerprint density at radius 3 is 2.35 bits per heavy atom. The molecule has 0 fully saturated rings. The predicted octanol–water partition coefficient (Wildman–Crippen LogP) is 4.94. The monoisotopic (exact) mass is 304 g/mol. The van der Waals surface area contributed by atoms with Crippen LogP contribution in [0.15, 0.2) is 83.5 Å². The van der Waals surface area contributed by atoms with Crippen molar-refractivity contribution in [2.24, 2.45) is 0 Å². The van der Waals surface area contributed by atoms with Gasteiger partial charge in [-0.1, -0.05) is 30.3 Å². The maximum atomic E-state index is 13.2. The van der Waals surface area contributed by atoms with Gasteiger partial charge in [0.2, 0.25) is 0 Å². The topological polar surface area (TPSA) is 31.0 Å². The molecule has 2 aromatic heterocycles. The maximum absolute atomic E-state index is 13.2. The normalized spacial score (nSPS) is 10.8. The summed E-state index contributed by atoms with van der Waals surface area (Å²) in [7, 11) is 0. The van der Waals surface area contributed by atoms with Crippen LogP contribution in [-0.2, 0) is 0 Å². The van der Waals surface area contributed by atoms with E-state index in [2.05, 4.69) is 5.10 Å². The molecule has 0 N–H and O–H groups in total. The third-order valence-corrected chi connectivity index (χ3v) is 3.62. The smallest absolute Gasteiger partial charge is 0.152 e. The zero-order chi connectivity index (χ0) is 15.6. The fourth-order valence-corrected chi connectivity index (χ4v) is 2.51. The van der Waals surface area contributed by atoms with Crippen molar-refractivity contribution in [3.05, 3.63) is 84.9 Å². The van der Waals surface area contributed by atoms with E-state index in [1.54, 1.807) is 23.1 Å². The van der Waals surface area contributed by atoms with E-state index in [4.69, 9.17) is 4.42 Å². The van der Waals surface area contributed by atoms with Crippen LogP contribution in [0.3, 0.4) is 0 Å². The van der Waals surface area contributed by atoms with Crippen molar-refractivity contribution < 1.29 is 8.81 Å². The summed E-state index contributed by atoms with van der Waals surface area (Å²) >= 11 is 0. The molecule has 0 amide bonds. The molecule has 2 heterocycles. The van der Waals surface area contributed by atoms with E-state index in [9.17, 15) is 4.39 Å². The zero-order valence-corrected chi connectivity index (χ0v) is 12.2. The molecule has 0 aliphatic carbocycles. The van der Waals surface area contributed by atoms with Crippen molar-refractivity contribution in [3.8, 4) is 28.4 Å². The second-order valence-electron chi connectivity index (χ2n) is 5.15. The summed E-state index contributed by atoms with van der Waals surface area (Å²) < 4.78 is 20.5. The Kier molecular flexibility index (Phi) is 3.27. The maximum Gasteiger partial charge on any atom is 0.152 e. The molecule has 0 atom stereocenters. The summed E-state index contributed by atoms with van der Waals surface area (Å²) in [5.41, 5.74) is 3.45. The lowest BCUT2D eigenvalue weighted by atomic mass is 10.1. The summed E-state index contributed by atoms with van der Waals surface area (Å²) in [6, 6.07) is 21.8. The van der Waals surface area contributed by atoms with Crippen LogP contribution in [0.4, 0.5) is 4.39 Å². The molecule has 4 heteroatoms. The van der Waals surface area contributed by atoms with Gasteiger partial charge >= 0.3 is 0 Å². The first kappa shape index (κ1) is 13.5. The highest BCUT2D eigenvalue weighted by Gasteiger charge is 2.14. The van der Waals surface area contributed by atoms with Crippen LogP contribution >= 0.6 is 0 Å². The molecule has 2 aromatic carbocycles. The van der Waals surface area contributed by atoms with E-state index in [1.165, 1.54) is 12.1 Å². The highest BCUT2D eigenvalue weighted by Crippen LogP contribution is 2.28. The van der Waals surface area contributed by atoms with E-state index in [0.29, 0.717) is 5.76 Å². The second kappa shape index (κ2) is 5.57. The predicted molar refractivity (Wildman–Crippen MR) is 86.7 cm³/mol. The van der Waals surface area contributed by atoms with Gasteiger partial charge in [-0.25, -0.2) is 9.07 Å². The van der Waals surface area contributed by atoms with Crippen LogP contribution in [0.5, 0.6) is 0 Å². The number of furan rings is 1. The first-order valence-electron chi connectivity index (χ1n) is 7.26. The van der Waals surface area contributed by atoms with Crippen molar-refractivity contribution in [1.82, 2.24) is 9.78 Å². The number of benzene rings is 2. The Labute approximate surface area is 132 Å². The van der Waals surface area contributed by atoms with Crippen molar-refractivity contribution in [2.75, 3.05) is 0 Å². The van der Waals surface area contributed by atoms with E-state index >= 15 is 0 Å². The van der Waals surface area contributed by atoms with Gasteiger partial charge in [-0.15, -0.1) is 0 Å². The Hall–Kier alpha value is -3.14. The standard InChI is InChI=1S/C19H13FN2O/c20-15-8-10-16(11-9-15)22-18(19-7-4-12-23-19)13-17(21-22)14-5-2-1-3-6-14/h1-13H. The molecule has 0 radical (unpaired) electrons. The Balaban J connectivity index is 1.89. The van der Waals surface area contributed by atoms with Crippen LogP contribution in [0, 0.1) is 5.82 Å². The quantitative estimate of drug-likeness (QED) is 0.537. The minimum Gasteiger partial charge on any atom is -0.463 e. The molecule has 0 spiro atoms. The van der Waals surface area contributed by atoms with Crippen molar-refractivity contribution in [1.29, 1.82) is 0 Å². The van der Waals surface area contributed by atoms with Crippen LogP contribution in [0.25, 0.3) is 28.4 Å². The molecule has 23 heavy (non-hydrogen) atoms. The lowest BCUT2D eigenvalue weighted by Gasteiger charge is -2.05. The van der Waals surface area contributed by atoms with E-state index < -0.39 is 0 Å². The Bertz CT molecular complexity index is 910. The summed E-state index contributed by atoms with van der Waals surface area (Å²) in [4.78, 5) is 0. The second-order valence-corrected chi connectivity index (χ2v) is 5.15. The molecule has 4 rings (SSSR count). The van der Waals surface area contributed by atoms with Gasteiger partial charge in [0.05, 0.1) is 17.6 Å². The third kappa shape index (κ3) is 2.55. The zero-order valence-electron chi connectivity index (χ0n) is 12.2. The third-order valence-electron chi connectivity index (χ3n) is 3.62. The number of rotatable bonds is 3. The van der Waals surface area contributed by atoms with Gasteiger partial charge in [0.15, 0.2) is 5.76 Å². The average Bonchev–Trinajstić information content (AvgIpc) is 3.26. The van der Waals surface area contributed by atoms with Crippen molar-refractivity contribution in [3.63, 3.8) is 0 Å². The van der Waals surface area contributed by atoms with Crippen LogP contribution in [-0.4, -0.2) is 9.78 Å². The molecule has 0 saturated carbocycles. The number of hydrogen-bond donors (Lipinski definition) is 0. The molecular formula is C19H13FN2O. The highest BCUT2D eigenvalue weighted by molar-refractivity contribution is 5.67. The summed E-state index contributed by atoms with van der Waals surface area (Å²) in [6.07, 6.45) is 1.62. The van der Waals surface area contributed by atoms with Crippen molar-refractivity contribution >= 4 is 0 Å². The van der Waals surface area contributed by atoms with Crippen molar-refractivity contribution in [2.45, 2.75) is 0 Å². The molecular weight excluding hydrogens is 291 g/mol. The largest absolute Gasteiger partial charge is 0.463 e. The highest BCUT2D eigenvalue weighted by atomic mass is 19.1. The molecule has 3 nitrogen and oxygen atoms in total. The van der Waals surface area contributed by atoms with Gasteiger partial charge in [0.1, 0.15) is 11.5 Å². The molecule has 0 saturated heterocycles. The summed E-state index contributed by atoms with van der Waals surface area (Å²) in [5.74, 6) is 0.438. The molecule has 0 aliphatic rings. The summed E-state index contributed by atoms with van der Waals surface area (Å²) in [6.45, 7) is 0. The van der Waals surface area contributed by atoms with E-state index in [0.717, 1.165) is 22.6 Å². The lowest BCUT2D eigenvalue weighted by molar-refractivity contribution is 0.576. The van der Waals surface area contributed by atoms with Gasteiger partial charge in [-0.05, 0) is 42.5 Å². The van der Waals surface area contributed by atoms with Gasteiger partial charge in [-0.3, -0.25) is 0 Å². The summed E-state index contributed by atoms with van der Waals surface area (Å²) in [5, 5.41) is 4.67. The van der Waals surface area contributed by atoms with Gasteiger partial charge in [0, 0.05) is 5.56 Å². The van der Waals surface area contributed by atoms with Crippen LogP contribution in [0.1, 0.15) is 0 Å². The van der Waals surface area contributed by atoms with E-state index in [-0.39, 0.29) is 5.82 Å². The first-order chi connectivity index (χ1) is 11.3. The lowest BCUT2D eigenvalue weighted by Crippen LogP contribution is -1.98. The molecule has 0 unspecified atom stereocenters. The average molecular weight is 304 g/mol. The fourth-order valence-electron chi connectivity index (χ4n) is 2.51. The number of aromatic nitrogens is 2. The van der Waals surface area contributed by atoms with Gasteiger partial charge in [-0.2, -0.15) is 5.10 Å². The molecule has 4 aromatic rings. The Morgan fingerprint density at radius 2 is 1.65 bits per heavy atom. The minimum atomic E-state index is -0.274. The number of nitrogens with zero attached hydrogens (tertiary/aromatic N) is 2. The Morgan fingerprint density at radius 1 is 0.870 bits per heavy atom. The first-order valence-corrected chi connectivity index (χ1v) is 7.26. The molecule has 0 aliphatic heterocycles. The van der Waals surface area contributed by atoms with Crippen LogP contribution in [0.2, 0.25) is 0 Å². The fraction of sp³-hybridized carbons (Fsp3) is 0. The molecule has 112 valence electrons. The number of halogens is 1. The minimum absolute atomic E-state index is 0.274.